The summed E-state index contributed by atoms with van der Waals surface area (Å²) < 4.78 is 4.98. The Morgan fingerprint density at radius 2 is 1.75 bits per heavy atom. The Hall–Kier alpha value is -1.50. The third-order valence-corrected chi connectivity index (χ3v) is 1.21. The average molecular weight is 162 g/mol. The van der Waals surface area contributed by atoms with Crippen LogP contribution in [0, 0.1) is 0 Å². The van der Waals surface area contributed by atoms with E-state index in [0.29, 0.717) is 6.61 Å². The Bertz CT molecular complexity index is 204. The minimum atomic E-state index is 0.615. The molecule has 0 aliphatic rings. The van der Waals surface area contributed by atoms with Gasteiger partial charge >= 0.3 is 0 Å². The van der Waals surface area contributed by atoms with E-state index in [-0.39, 0.29) is 0 Å². The highest BCUT2D eigenvalue weighted by molar-refractivity contribution is 5.13. The highest BCUT2D eigenvalue weighted by Gasteiger charge is 1.85. The zero-order chi connectivity index (χ0) is 9.23. The third kappa shape index (κ3) is 4.34. The Morgan fingerprint density at radius 3 is 2.25 bits per heavy atom. The van der Waals surface area contributed by atoms with E-state index >= 15 is 0 Å². The first-order valence-electron chi connectivity index (χ1n) is 3.70. The lowest BCUT2D eigenvalue weighted by atomic mass is 10.2. The van der Waals surface area contributed by atoms with Gasteiger partial charge in [0.25, 0.3) is 0 Å². The summed E-state index contributed by atoms with van der Waals surface area (Å²) in [4.78, 5) is 0. The van der Waals surface area contributed by atoms with Crippen LogP contribution < -0.4 is 0 Å². The number of rotatable bonds is 3. The highest BCUT2D eigenvalue weighted by Crippen LogP contribution is 1.99. The van der Waals surface area contributed by atoms with Crippen LogP contribution in [0.4, 0.5) is 0 Å². The Kier molecular flexibility index (Phi) is 6.65. The summed E-state index contributed by atoms with van der Waals surface area (Å²) in [6, 6.07) is 9.99. The molecule has 0 aliphatic carbocycles. The van der Waals surface area contributed by atoms with Crippen molar-refractivity contribution >= 4 is 0 Å². The molecule has 0 bridgehead atoms. The lowest BCUT2D eigenvalue weighted by Crippen LogP contribution is -1.83. The minimum absolute atomic E-state index is 0.615. The number of ether oxygens (including phenoxy) is 1. The molecular formula is C11H14O. The molecule has 0 saturated carbocycles. The molecule has 0 radical (unpaired) electrons. The lowest BCUT2D eigenvalue weighted by molar-refractivity contribution is 0.237. The van der Waals surface area contributed by atoms with Crippen molar-refractivity contribution in [3.05, 3.63) is 61.9 Å². The van der Waals surface area contributed by atoms with Crippen molar-refractivity contribution in [2.24, 2.45) is 0 Å². The molecule has 1 nitrogen and oxygen atoms in total. The predicted molar refractivity (Wildman–Crippen MR) is 52.7 cm³/mol. The van der Waals surface area contributed by atoms with Crippen LogP contribution in [0.5, 0.6) is 0 Å². The summed E-state index contributed by atoms with van der Waals surface area (Å²) in [7, 11) is 0. The van der Waals surface area contributed by atoms with Gasteiger partial charge in [-0.05, 0) is 5.56 Å². The maximum atomic E-state index is 4.98. The van der Waals surface area contributed by atoms with E-state index < -0.39 is 0 Å². The van der Waals surface area contributed by atoms with E-state index in [1.165, 1.54) is 11.8 Å². The van der Waals surface area contributed by atoms with Crippen LogP contribution in [-0.2, 0) is 11.3 Å². The van der Waals surface area contributed by atoms with Crippen molar-refractivity contribution in [2.75, 3.05) is 0 Å². The molecule has 64 valence electrons. The molecule has 0 aliphatic heterocycles. The molecule has 0 unspecified atom stereocenters. The topological polar surface area (TPSA) is 9.23 Å². The van der Waals surface area contributed by atoms with Gasteiger partial charge in [-0.2, -0.15) is 0 Å². The SMILES string of the molecule is C=C.C=COCc1ccccc1. The molecular weight excluding hydrogens is 148 g/mol. The normalized spacial score (nSPS) is 7.67. The number of hydrogen-bond acceptors (Lipinski definition) is 1. The fraction of sp³-hybridized carbons (Fsp3) is 0.0909. The molecule has 0 spiro atoms. The van der Waals surface area contributed by atoms with Gasteiger partial charge in [-0.3, -0.25) is 0 Å². The third-order valence-electron chi connectivity index (χ3n) is 1.21. The molecule has 1 heteroatoms. The minimum Gasteiger partial charge on any atom is -0.497 e. The van der Waals surface area contributed by atoms with Crippen molar-refractivity contribution in [1.82, 2.24) is 0 Å². The van der Waals surface area contributed by atoms with Crippen LogP contribution in [0.2, 0.25) is 0 Å². The highest BCUT2D eigenvalue weighted by atomic mass is 16.5. The summed E-state index contributed by atoms with van der Waals surface area (Å²) in [5.41, 5.74) is 1.17. The van der Waals surface area contributed by atoms with Gasteiger partial charge in [0.2, 0.25) is 0 Å². The van der Waals surface area contributed by atoms with E-state index in [4.69, 9.17) is 4.74 Å². The quantitative estimate of drug-likeness (QED) is 0.490. The van der Waals surface area contributed by atoms with Gasteiger partial charge in [-0.15, -0.1) is 13.2 Å². The molecule has 0 amide bonds. The second-order valence-electron chi connectivity index (χ2n) is 1.96. The standard InChI is InChI=1S/C9H10O.C2H4/c1-2-10-8-9-6-4-3-5-7-9;1-2/h2-7H,1,8H2;1-2H2. The molecule has 12 heavy (non-hydrogen) atoms. The molecule has 0 atom stereocenters. The van der Waals surface area contributed by atoms with Gasteiger partial charge in [-0.25, -0.2) is 0 Å². The van der Waals surface area contributed by atoms with Gasteiger partial charge in [-0.1, -0.05) is 36.9 Å². The van der Waals surface area contributed by atoms with E-state index in [2.05, 4.69) is 19.7 Å². The second-order valence-corrected chi connectivity index (χ2v) is 1.96. The first-order chi connectivity index (χ1) is 5.93. The first kappa shape index (κ1) is 10.5. The van der Waals surface area contributed by atoms with Crippen molar-refractivity contribution in [1.29, 1.82) is 0 Å². The van der Waals surface area contributed by atoms with E-state index in [0.717, 1.165) is 0 Å². The van der Waals surface area contributed by atoms with Gasteiger partial charge in [0.1, 0.15) is 6.61 Å². The summed E-state index contributed by atoms with van der Waals surface area (Å²) in [5.74, 6) is 0. The molecule has 1 aromatic rings. The average Bonchev–Trinajstić information content (AvgIpc) is 2.19. The zero-order valence-electron chi connectivity index (χ0n) is 7.20. The van der Waals surface area contributed by atoms with Crippen molar-refractivity contribution in [2.45, 2.75) is 6.61 Å². The van der Waals surface area contributed by atoms with Crippen molar-refractivity contribution in [3.63, 3.8) is 0 Å². The van der Waals surface area contributed by atoms with Crippen LogP contribution >= 0.6 is 0 Å². The Balaban J connectivity index is 0.000000561. The second kappa shape index (κ2) is 7.61. The Labute approximate surface area is 74.0 Å². The van der Waals surface area contributed by atoms with Gasteiger partial charge < -0.3 is 4.74 Å². The summed E-state index contributed by atoms with van der Waals surface area (Å²) in [6.45, 7) is 10.1. The fourth-order valence-electron chi connectivity index (χ4n) is 0.729. The van der Waals surface area contributed by atoms with Crippen LogP contribution in [-0.4, -0.2) is 0 Å². The Morgan fingerprint density at radius 1 is 1.17 bits per heavy atom. The maximum absolute atomic E-state index is 4.98. The van der Waals surface area contributed by atoms with Crippen molar-refractivity contribution < 1.29 is 4.74 Å². The molecule has 0 heterocycles. The summed E-state index contributed by atoms with van der Waals surface area (Å²) >= 11 is 0. The van der Waals surface area contributed by atoms with Crippen LogP contribution in [0.15, 0.2) is 56.3 Å². The van der Waals surface area contributed by atoms with Gasteiger partial charge in [0.15, 0.2) is 0 Å². The van der Waals surface area contributed by atoms with Crippen LogP contribution in [0.25, 0.3) is 0 Å². The van der Waals surface area contributed by atoms with Crippen molar-refractivity contribution in [3.8, 4) is 0 Å². The first-order valence-corrected chi connectivity index (χ1v) is 3.70. The number of benzene rings is 1. The summed E-state index contributed by atoms with van der Waals surface area (Å²) in [5, 5.41) is 0. The largest absolute Gasteiger partial charge is 0.497 e. The van der Waals surface area contributed by atoms with E-state index in [1.807, 2.05) is 30.3 Å². The maximum Gasteiger partial charge on any atom is 0.112 e. The summed E-state index contributed by atoms with van der Waals surface area (Å²) in [6.07, 6.45) is 1.45. The molecule has 1 rings (SSSR count). The van der Waals surface area contributed by atoms with E-state index in [9.17, 15) is 0 Å². The molecule has 1 aromatic carbocycles. The van der Waals surface area contributed by atoms with Gasteiger partial charge in [0, 0.05) is 0 Å². The molecule has 0 N–H and O–H groups in total. The molecule has 0 saturated heterocycles. The molecule has 0 fully saturated rings. The number of hydrogen-bond donors (Lipinski definition) is 0. The zero-order valence-corrected chi connectivity index (χ0v) is 7.20. The van der Waals surface area contributed by atoms with E-state index in [1.54, 1.807) is 0 Å². The lowest BCUT2D eigenvalue weighted by Gasteiger charge is -1.98. The smallest absolute Gasteiger partial charge is 0.112 e. The monoisotopic (exact) mass is 162 g/mol. The van der Waals surface area contributed by atoms with Crippen LogP contribution in [0.1, 0.15) is 5.56 Å². The predicted octanol–water partition coefficient (Wildman–Crippen LogP) is 3.15. The van der Waals surface area contributed by atoms with Crippen LogP contribution in [0.3, 0.4) is 0 Å². The van der Waals surface area contributed by atoms with Gasteiger partial charge in [0.05, 0.1) is 6.26 Å². The fourth-order valence-corrected chi connectivity index (χ4v) is 0.729. The molecule has 0 aromatic heterocycles.